The van der Waals surface area contributed by atoms with Crippen molar-refractivity contribution < 1.29 is 4.79 Å². The maximum atomic E-state index is 12.1. The molecule has 2 heterocycles. The Kier molecular flexibility index (Phi) is 4.07. The minimum absolute atomic E-state index is 0.114. The highest BCUT2D eigenvalue weighted by molar-refractivity contribution is 5.79. The van der Waals surface area contributed by atoms with Crippen LogP contribution in [0.3, 0.4) is 0 Å². The number of nitrogens with one attached hydrogen (secondary N) is 2. The first-order valence-electron chi connectivity index (χ1n) is 8.94. The van der Waals surface area contributed by atoms with Gasteiger partial charge in [-0.3, -0.25) is 15.2 Å². The summed E-state index contributed by atoms with van der Waals surface area (Å²) in [5.74, 6) is 1.97. The van der Waals surface area contributed by atoms with E-state index in [-0.39, 0.29) is 17.9 Å². The molecule has 23 heavy (non-hydrogen) atoms. The first-order valence-corrected chi connectivity index (χ1v) is 8.94. The highest BCUT2D eigenvalue weighted by Gasteiger charge is 2.42. The van der Waals surface area contributed by atoms with Crippen molar-refractivity contribution in [2.45, 2.75) is 50.5 Å². The molecule has 2 saturated carbocycles. The summed E-state index contributed by atoms with van der Waals surface area (Å²) in [5.41, 5.74) is 14.5. The number of aromatic nitrogens is 1. The molecule has 0 bridgehead atoms. The van der Waals surface area contributed by atoms with E-state index < -0.39 is 0 Å². The number of hydrogen-bond acceptors (Lipinski definition) is 4. The summed E-state index contributed by atoms with van der Waals surface area (Å²) >= 11 is 0. The fourth-order valence-corrected chi connectivity index (χ4v) is 4.37. The SMILES string of the molecule is NCC1NNC(=O)C2CCC(c3cncc(CC4CC4)c3)CC12. The molecular weight excluding hydrogens is 288 g/mol. The van der Waals surface area contributed by atoms with Gasteiger partial charge in [-0.15, -0.1) is 0 Å². The van der Waals surface area contributed by atoms with Gasteiger partial charge in [-0.1, -0.05) is 6.07 Å². The second kappa shape index (κ2) is 6.21. The van der Waals surface area contributed by atoms with E-state index in [1.54, 1.807) is 0 Å². The summed E-state index contributed by atoms with van der Waals surface area (Å²) < 4.78 is 0. The van der Waals surface area contributed by atoms with Crippen LogP contribution < -0.4 is 16.6 Å². The number of pyridine rings is 1. The minimum atomic E-state index is 0.114. The third kappa shape index (κ3) is 3.12. The van der Waals surface area contributed by atoms with Gasteiger partial charge < -0.3 is 5.73 Å². The van der Waals surface area contributed by atoms with Gasteiger partial charge in [0.2, 0.25) is 5.91 Å². The van der Waals surface area contributed by atoms with E-state index in [1.807, 2.05) is 12.4 Å². The fourth-order valence-electron chi connectivity index (χ4n) is 4.37. The molecule has 1 aromatic rings. The maximum Gasteiger partial charge on any atom is 0.237 e. The van der Waals surface area contributed by atoms with Crippen molar-refractivity contribution in [2.24, 2.45) is 23.5 Å². The van der Waals surface area contributed by atoms with Gasteiger partial charge in [-0.05, 0) is 67.4 Å². The largest absolute Gasteiger partial charge is 0.329 e. The number of fused-ring (bicyclic) bond motifs is 1. The molecule has 4 rings (SSSR count). The molecule has 124 valence electrons. The van der Waals surface area contributed by atoms with Crippen LogP contribution in [-0.2, 0) is 11.2 Å². The average Bonchev–Trinajstić information content (AvgIpc) is 3.39. The van der Waals surface area contributed by atoms with E-state index in [0.717, 1.165) is 25.2 Å². The van der Waals surface area contributed by atoms with E-state index >= 15 is 0 Å². The summed E-state index contributed by atoms with van der Waals surface area (Å²) in [5, 5.41) is 0. The smallest absolute Gasteiger partial charge is 0.237 e. The standard InChI is InChI=1S/C18H26N4O/c19-8-17-16-7-13(3-4-15(16)18(23)22-21-17)14-6-12(9-20-10-14)5-11-1-2-11/h6,9-11,13,15-17,21H,1-5,7-8,19H2,(H,22,23). The maximum absolute atomic E-state index is 12.1. The molecule has 1 saturated heterocycles. The van der Waals surface area contributed by atoms with Crippen molar-refractivity contribution in [1.29, 1.82) is 0 Å². The van der Waals surface area contributed by atoms with Gasteiger partial charge in [0.15, 0.2) is 0 Å². The highest BCUT2D eigenvalue weighted by atomic mass is 16.2. The number of carbonyl (C=O) groups is 1. The zero-order valence-corrected chi connectivity index (χ0v) is 13.5. The predicted octanol–water partition coefficient (Wildman–Crippen LogP) is 1.50. The molecule has 4 unspecified atom stereocenters. The number of carbonyl (C=O) groups excluding carboxylic acids is 1. The van der Waals surface area contributed by atoms with Crippen molar-refractivity contribution in [2.75, 3.05) is 6.54 Å². The van der Waals surface area contributed by atoms with Crippen molar-refractivity contribution >= 4 is 5.91 Å². The summed E-state index contributed by atoms with van der Waals surface area (Å²) in [7, 11) is 0. The Labute approximate surface area is 137 Å². The quantitative estimate of drug-likeness (QED) is 0.787. The summed E-state index contributed by atoms with van der Waals surface area (Å²) in [6, 6.07) is 2.53. The summed E-state index contributed by atoms with van der Waals surface area (Å²) in [6.45, 7) is 0.564. The third-order valence-electron chi connectivity index (χ3n) is 5.90. The molecule has 1 amide bonds. The van der Waals surface area contributed by atoms with Crippen LogP contribution in [-0.4, -0.2) is 23.5 Å². The van der Waals surface area contributed by atoms with Crippen LogP contribution in [0.15, 0.2) is 18.5 Å². The monoisotopic (exact) mass is 314 g/mol. The molecule has 1 aromatic heterocycles. The van der Waals surface area contributed by atoms with Crippen LogP contribution >= 0.6 is 0 Å². The van der Waals surface area contributed by atoms with E-state index in [9.17, 15) is 4.79 Å². The molecule has 4 atom stereocenters. The van der Waals surface area contributed by atoms with Gasteiger partial charge in [0.05, 0.1) is 0 Å². The number of nitrogens with two attached hydrogens (primary N) is 1. The molecule has 0 aromatic carbocycles. The normalized spacial score (nSPS) is 33.9. The molecule has 1 aliphatic heterocycles. The summed E-state index contributed by atoms with van der Waals surface area (Å²) in [4.78, 5) is 16.6. The second-order valence-corrected chi connectivity index (χ2v) is 7.53. The van der Waals surface area contributed by atoms with Gasteiger partial charge in [-0.25, -0.2) is 5.43 Å². The number of rotatable bonds is 4. The second-order valence-electron chi connectivity index (χ2n) is 7.53. The zero-order chi connectivity index (χ0) is 15.8. The van der Waals surface area contributed by atoms with E-state index in [2.05, 4.69) is 21.9 Å². The molecule has 0 radical (unpaired) electrons. The van der Waals surface area contributed by atoms with Crippen molar-refractivity contribution in [3.63, 3.8) is 0 Å². The minimum Gasteiger partial charge on any atom is -0.329 e. The van der Waals surface area contributed by atoms with Crippen LogP contribution in [0.25, 0.3) is 0 Å². The Hall–Kier alpha value is -1.46. The van der Waals surface area contributed by atoms with Crippen LogP contribution in [0, 0.1) is 17.8 Å². The Morgan fingerprint density at radius 2 is 2.09 bits per heavy atom. The Balaban J connectivity index is 1.50. The van der Waals surface area contributed by atoms with Gasteiger partial charge in [0, 0.05) is 30.9 Å². The van der Waals surface area contributed by atoms with Gasteiger partial charge >= 0.3 is 0 Å². The molecular formula is C18H26N4O. The number of hydrazine groups is 1. The zero-order valence-electron chi connectivity index (χ0n) is 13.5. The lowest BCUT2D eigenvalue weighted by Gasteiger charge is -2.43. The topological polar surface area (TPSA) is 80.0 Å². The molecule has 0 spiro atoms. The van der Waals surface area contributed by atoms with Crippen LogP contribution in [0.4, 0.5) is 0 Å². The number of amides is 1. The van der Waals surface area contributed by atoms with Crippen molar-refractivity contribution in [1.82, 2.24) is 15.8 Å². The molecule has 5 heteroatoms. The lowest BCUT2D eigenvalue weighted by molar-refractivity contribution is -0.133. The molecule has 3 fully saturated rings. The molecule has 3 aliphatic rings. The van der Waals surface area contributed by atoms with Crippen LogP contribution in [0.1, 0.15) is 49.1 Å². The average molecular weight is 314 g/mol. The first-order chi connectivity index (χ1) is 11.2. The highest BCUT2D eigenvalue weighted by Crippen LogP contribution is 2.42. The van der Waals surface area contributed by atoms with Gasteiger partial charge in [0.25, 0.3) is 0 Å². The van der Waals surface area contributed by atoms with Gasteiger partial charge in [-0.2, -0.15) is 0 Å². The number of hydrogen-bond donors (Lipinski definition) is 3. The van der Waals surface area contributed by atoms with Crippen molar-refractivity contribution in [3.05, 3.63) is 29.6 Å². The van der Waals surface area contributed by atoms with E-state index in [1.165, 1.54) is 30.4 Å². The molecule has 4 N–H and O–H groups in total. The van der Waals surface area contributed by atoms with Gasteiger partial charge in [0.1, 0.15) is 0 Å². The molecule has 5 nitrogen and oxygen atoms in total. The Morgan fingerprint density at radius 1 is 1.22 bits per heavy atom. The van der Waals surface area contributed by atoms with Crippen molar-refractivity contribution in [3.8, 4) is 0 Å². The molecule has 2 aliphatic carbocycles. The lowest BCUT2D eigenvalue weighted by Crippen LogP contribution is -2.62. The van der Waals surface area contributed by atoms with E-state index in [0.29, 0.717) is 18.4 Å². The number of nitrogens with zero attached hydrogens (tertiary/aromatic N) is 1. The lowest BCUT2D eigenvalue weighted by atomic mass is 9.68. The predicted molar refractivity (Wildman–Crippen MR) is 88.4 cm³/mol. The van der Waals surface area contributed by atoms with Crippen LogP contribution in [0.5, 0.6) is 0 Å². The van der Waals surface area contributed by atoms with Crippen LogP contribution in [0.2, 0.25) is 0 Å². The Morgan fingerprint density at radius 3 is 2.87 bits per heavy atom. The van der Waals surface area contributed by atoms with E-state index in [4.69, 9.17) is 5.73 Å². The Bertz CT molecular complexity index is 586. The first kappa shape index (κ1) is 15.1. The fraction of sp³-hybridized carbons (Fsp3) is 0.667. The summed E-state index contributed by atoms with van der Waals surface area (Å²) in [6.07, 6.45) is 11.0. The third-order valence-corrected chi connectivity index (χ3v) is 5.90.